The molecule has 1 heterocycles. The molecule has 0 saturated carbocycles. The van der Waals surface area contributed by atoms with Crippen molar-refractivity contribution in [3.63, 3.8) is 0 Å². The van der Waals surface area contributed by atoms with Crippen LogP contribution in [0.3, 0.4) is 0 Å². The van der Waals surface area contributed by atoms with Gasteiger partial charge in [-0.3, -0.25) is 4.79 Å². The molecule has 0 spiro atoms. The van der Waals surface area contributed by atoms with Gasteiger partial charge in [0.1, 0.15) is 24.0 Å². The van der Waals surface area contributed by atoms with E-state index in [0.717, 1.165) is 9.13 Å². The monoisotopic (exact) mass is 596 g/mol. The van der Waals surface area contributed by atoms with Crippen LogP contribution in [-0.4, -0.2) is 12.9 Å². The third-order valence-electron chi connectivity index (χ3n) is 5.58. The molecular weight excluding hydrogens is 578 g/mol. The number of nitriles is 1. The first kappa shape index (κ1) is 23.7. The van der Waals surface area contributed by atoms with Crippen LogP contribution in [0.1, 0.15) is 36.3 Å². The number of ether oxygens (including phenoxy) is 3. The predicted molar refractivity (Wildman–Crippen MR) is 133 cm³/mol. The van der Waals surface area contributed by atoms with Crippen LogP contribution in [0.15, 0.2) is 53.1 Å². The van der Waals surface area contributed by atoms with Crippen molar-refractivity contribution in [3.8, 4) is 17.6 Å². The molecule has 1 aliphatic carbocycles. The summed E-state index contributed by atoms with van der Waals surface area (Å²) in [7, 11) is 1.53. The van der Waals surface area contributed by atoms with Gasteiger partial charge in [-0.15, -0.1) is 0 Å². The summed E-state index contributed by atoms with van der Waals surface area (Å²) < 4.78 is 18.0. The van der Waals surface area contributed by atoms with Crippen molar-refractivity contribution >= 4 is 51.6 Å². The highest BCUT2D eigenvalue weighted by atomic mass is 127. The molecule has 1 atom stereocenters. The topological polar surface area (TPSA) is 94.6 Å². The number of benzene rings is 2. The van der Waals surface area contributed by atoms with Crippen molar-refractivity contribution < 1.29 is 19.0 Å². The Hall–Kier alpha value is -2.41. The summed E-state index contributed by atoms with van der Waals surface area (Å²) in [6, 6.07) is 11.0. The third-order valence-corrected chi connectivity index (χ3v) is 6.97. The SMILES string of the molecule is COc1cc([C@@H]2C(C#N)=C(N)OC3=C2C(=O)CCC3)cc(I)c1OCc1ccc(Cl)cc1Cl. The molecule has 0 amide bonds. The normalized spacial score (nSPS) is 17.9. The van der Waals surface area contributed by atoms with E-state index in [1.54, 1.807) is 24.3 Å². The molecule has 0 saturated heterocycles. The molecule has 4 rings (SSSR count). The van der Waals surface area contributed by atoms with Gasteiger partial charge < -0.3 is 19.9 Å². The summed E-state index contributed by atoms with van der Waals surface area (Å²) >= 11 is 14.4. The number of nitrogens with two attached hydrogens (primary N) is 1. The maximum absolute atomic E-state index is 12.8. The molecule has 0 bridgehead atoms. The van der Waals surface area contributed by atoms with Crippen LogP contribution >= 0.6 is 45.8 Å². The Morgan fingerprint density at radius 3 is 2.76 bits per heavy atom. The number of hydrogen-bond acceptors (Lipinski definition) is 6. The summed E-state index contributed by atoms with van der Waals surface area (Å²) in [6.07, 6.45) is 1.71. The van der Waals surface area contributed by atoms with Crippen LogP contribution in [0.5, 0.6) is 11.5 Å². The van der Waals surface area contributed by atoms with E-state index >= 15 is 0 Å². The highest BCUT2D eigenvalue weighted by Gasteiger charge is 2.38. The van der Waals surface area contributed by atoms with E-state index in [2.05, 4.69) is 28.7 Å². The molecule has 2 aromatic carbocycles. The van der Waals surface area contributed by atoms with Gasteiger partial charge in [0.05, 0.1) is 16.6 Å². The minimum atomic E-state index is -0.617. The second kappa shape index (κ2) is 9.84. The zero-order valence-electron chi connectivity index (χ0n) is 17.6. The van der Waals surface area contributed by atoms with Gasteiger partial charge >= 0.3 is 0 Å². The number of Topliss-reactive ketones (excluding diaryl/α,β-unsaturated/α-hetero) is 1. The fourth-order valence-corrected chi connectivity index (χ4v) is 5.27. The van der Waals surface area contributed by atoms with Crippen LogP contribution in [-0.2, 0) is 16.1 Å². The van der Waals surface area contributed by atoms with Gasteiger partial charge in [-0.05, 0) is 58.8 Å². The molecule has 33 heavy (non-hydrogen) atoms. The predicted octanol–water partition coefficient (Wildman–Crippen LogP) is 6.00. The molecule has 0 fully saturated rings. The maximum Gasteiger partial charge on any atom is 0.205 e. The van der Waals surface area contributed by atoms with E-state index in [9.17, 15) is 10.1 Å². The van der Waals surface area contributed by atoms with Gasteiger partial charge in [0.2, 0.25) is 5.88 Å². The first-order chi connectivity index (χ1) is 15.8. The Bertz CT molecular complexity index is 1250. The van der Waals surface area contributed by atoms with Crippen molar-refractivity contribution in [2.45, 2.75) is 31.8 Å². The summed E-state index contributed by atoms with van der Waals surface area (Å²) in [5.41, 5.74) is 8.24. The van der Waals surface area contributed by atoms with E-state index in [1.807, 2.05) is 6.07 Å². The van der Waals surface area contributed by atoms with Crippen molar-refractivity contribution in [1.29, 1.82) is 5.26 Å². The standard InChI is InChI=1S/C24H19Cl2IN2O4/c1-31-20-8-13(7-17(27)23(20)32-11-12-5-6-14(25)9-16(12)26)21-15(10-28)24(29)33-19-4-2-3-18(30)22(19)21/h5-9,21H,2-4,11,29H2,1H3/t21-/m1/s1. The van der Waals surface area contributed by atoms with Crippen LogP contribution in [0.4, 0.5) is 0 Å². The Labute approximate surface area is 215 Å². The van der Waals surface area contributed by atoms with Crippen molar-refractivity contribution in [2.24, 2.45) is 5.73 Å². The molecular formula is C24H19Cl2IN2O4. The van der Waals surface area contributed by atoms with Crippen LogP contribution < -0.4 is 15.2 Å². The van der Waals surface area contributed by atoms with Crippen LogP contribution in [0.25, 0.3) is 0 Å². The number of carbonyl (C=O) groups is 1. The molecule has 170 valence electrons. The smallest absolute Gasteiger partial charge is 0.205 e. The van der Waals surface area contributed by atoms with Gasteiger partial charge in [0.15, 0.2) is 17.3 Å². The Kier molecular flexibility index (Phi) is 7.07. The van der Waals surface area contributed by atoms with E-state index in [4.69, 9.17) is 43.1 Å². The number of hydrogen-bond donors (Lipinski definition) is 1. The molecule has 2 N–H and O–H groups in total. The quantitative estimate of drug-likeness (QED) is 0.425. The number of ketones is 1. The largest absolute Gasteiger partial charge is 0.493 e. The molecule has 1 aliphatic heterocycles. The van der Waals surface area contributed by atoms with Crippen molar-refractivity contribution in [3.05, 3.63) is 77.9 Å². The number of methoxy groups -OCH3 is 1. The average Bonchev–Trinajstić information content (AvgIpc) is 2.78. The summed E-state index contributed by atoms with van der Waals surface area (Å²) in [6.45, 7) is 0.211. The third kappa shape index (κ3) is 4.65. The highest BCUT2D eigenvalue weighted by Crippen LogP contribution is 2.46. The minimum absolute atomic E-state index is 0.0302. The number of halogens is 3. The van der Waals surface area contributed by atoms with E-state index in [-0.39, 0.29) is 23.8 Å². The summed E-state index contributed by atoms with van der Waals surface area (Å²) in [4.78, 5) is 12.8. The Morgan fingerprint density at radius 1 is 1.27 bits per heavy atom. The lowest BCUT2D eigenvalue weighted by Gasteiger charge is -2.31. The number of nitrogens with zero attached hydrogens (tertiary/aromatic N) is 1. The van der Waals surface area contributed by atoms with E-state index in [0.29, 0.717) is 57.7 Å². The fraction of sp³-hybridized carbons (Fsp3) is 0.250. The number of carbonyl (C=O) groups excluding carboxylic acids is 1. The molecule has 0 aromatic heterocycles. The van der Waals surface area contributed by atoms with Gasteiger partial charge in [-0.1, -0.05) is 29.3 Å². The first-order valence-electron chi connectivity index (χ1n) is 10.1. The summed E-state index contributed by atoms with van der Waals surface area (Å²) in [5, 5.41) is 10.8. The van der Waals surface area contributed by atoms with Crippen LogP contribution in [0.2, 0.25) is 10.0 Å². The Morgan fingerprint density at radius 2 is 2.06 bits per heavy atom. The lowest BCUT2D eigenvalue weighted by atomic mass is 9.77. The second-order valence-electron chi connectivity index (χ2n) is 7.60. The molecule has 0 radical (unpaired) electrons. The van der Waals surface area contributed by atoms with Crippen molar-refractivity contribution in [1.82, 2.24) is 0 Å². The second-order valence-corrected chi connectivity index (χ2v) is 9.60. The fourth-order valence-electron chi connectivity index (χ4n) is 4.02. The van der Waals surface area contributed by atoms with Crippen LogP contribution in [0, 0.1) is 14.9 Å². The van der Waals surface area contributed by atoms with Gasteiger partial charge in [0.25, 0.3) is 0 Å². The number of rotatable bonds is 5. The van der Waals surface area contributed by atoms with E-state index < -0.39 is 5.92 Å². The molecule has 0 unspecified atom stereocenters. The Balaban J connectivity index is 1.73. The number of allylic oxidation sites excluding steroid dienone is 3. The molecule has 2 aliphatic rings. The molecule has 6 nitrogen and oxygen atoms in total. The maximum atomic E-state index is 12.8. The average molecular weight is 597 g/mol. The zero-order valence-corrected chi connectivity index (χ0v) is 21.3. The van der Waals surface area contributed by atoms with Gasteiger partial charge in [-0.2, -0.15) is 5.26 Å². The van der Waals surface area contributed by atoms with Gasteiger partial charge in [0, 0.05) is 34.0 Å². The van der Waals surface area contributed by atoms with Crippen molar-refractivity contribution in [2.75, 3.05) is 7.11 Å². The lowest BCUT2D eigenvalue weighted by molar-refractivity contribution is -0.116. The molecule has 9 heteroatoms. The zero-order chi connectivity index (χ0) is 23.7. The highest BCUT2D eigenvalue weighted by molar-refractivity contribution is 14.1. The summed E-state index contributed by atoms with van der Waals surface area (Å²) in [5.74, 6) is 0.915. The first-order valence-corrected chi connectivity index (χ1v) is 12.0. The minimum Gasteiger partial charge on any atom is -0.493 e. The molecule has 2 aromatic rings. The van der Waals surface area contributed by atoms with Gasteiger partial charge in [-0.25, -0.2) is 0 Å². The van der Waals surface area contributed by atoms with E-state index in [1.165, 1.54) is 7.11 Å². The lowest BCUT2D eigenvalue weighted by Crippen LogP contribution is -2.27.